The van der Waals surface area contributed by atoms with Gasteiger partial charge >= 0.3 is 5.97 Å². The van der Waals surface area contributed by atoms with Gasteiger partial charge in [0.1, 0.15) is 12.4 Å². The fourth-order valence-corrected chi connectivity index (χ4v) is 5.84. The second-order valence-corrected chi connectivity index (χ2v) is 11.0. The number of hydrogen-bond donors (Lipinski definition) is 1. The number of fused-ring (bicyclic) bond motifs is 2. The zero-order chi connectivity index (χ0) is 28.8. The van der Waals surface area contributed by atoms with E-state index in [0.717, 1.165) is 37.1 Å². The number of carboxylic acid groups (broad SMARTS) is 1. The Hall–Kier alpha value is -3.93. The van der Waals surface area contributed by atoms with Gasteiger partial charge in [-0.2, -0.15) is 0 Å². The van der Waals surface area contributed by atoms with Crippen LogP contribution in [0.2, 0.25) is 0 Å². The molecule has 4 aromatic carbocycles. The minimum absolute atomic E-state index is 0.145. The van der Waals surface area contributed by atoms with Crippen molar-refractivity contribution < 1.29 is 19.4 Å². The van der Waals surface area contributed by atoms with Crippen molar-refractivity contribution in [2.24, 2.45) is 0 Å². The van der Waals surface area contributed by atoms with Crippen LogP contribution in [0.15, 0.2) is 91.0 Å². The summed E-state index contributed by atoms with van der Waals surface area (Å²) in [6.45, 7) is 3.47. The monoisotopic (exact) mass is 549 g/mol. The number of benzene rings is 4. The number of likely N-dealkylation sites (N-methyl/N-ethyl adjacent to an activating group) is 1. The average molecular weight is 550 g/mol. The Morgan fingerprint density at radius 2 is 1.61 bits per heavy atom. The van der Waals surface area contributed by atoms with Gasteiger partial charge in [-0.3, -0.25) is 4.90 Å². The highest BCUT2D eigenvalue weighted by Gasteiger charge is 2.27. The van der Waals surface area contributed by atoms with Crippen molar-refractivity contribution in [2.75, 3.05) is 27.3 Å². The normalized spacial score (nSPS) is 15.1. The zero-order valence-electron chi connectivity index (χ0n) is 24.2. The molecule has 5 heteroatoms. The van der Waals surface area contributed by atoms with E-state index in [0.29, 0.717) is 13.0 Å². The number of methoxy groups -OCH3 is 1. The van der Waals surface area contributed by atoms with Crippen LogP contribution < -0.4 is 4.74 Å². The number of hydrogen-bond acceptors (Lipinski definition) is 4. The molecular formula is C36H39NO4. The molecule has 0 spiro atoms. The molecule has 0 aliphatic heterocycles. The standard InChI is InChI=1S/C36H39NO4/c1-25-9-18-32-30(21-25)15-14-29-13-10-28(22-26-7-5-4-6-8-26)23-33(29)35(32)37(2)19-20-41-31-16-11-27(12-17-31)24-34(40-3)36(38)39/h4-13,16-18,21,23,34-35H,14-15,19-20,22,24H2,1-3H3,(H,38,39). The lowest BCUT2D eigenvalue weighted by atomic mass is 9.90. The first kappa shape index (κ1) is 28.6. The molecule has 0 bridgehead atoms. The Kier molecular flexibility index (Phi) is 9.17. The molecule has 2 unspecified atom stereocenters. The molecule has 0 saturated heterocycles. The maximum Gasteiger partial charge on any atom is 0.333 e. The van der Waals surface area contributed by atoms with Gasteiger partial charge in [-0.1, -0.05) is 84.4 Å². The third-order valence-corrected chi connectivity index (χ3v) is 8.07. The minimum Gasteiger partial charge on any atom is -0.492 e. The lowest BCUT2D eigenvalue weighted by Crippen LogP contribution is -2.30. The summed E-state index contributed by atoms with van der Waals surface area (Å²) in [4.78, 5) is 13.7. The summed E-state index contributed by atoms with van der Waals surface area (Å²) in [7, 11) is 3.61. The molecule has 1 aliphatic carbocycles. The number of ether oxygens (including phenoxy) is 2. The molecule has 0 heterocycles. The average Bonchev–Trinajstić information content (AvgIpc) is 3.13. The summed E-state index contributed by atoms with van der Waals surface area (Å²) in [5.74, 6) is -0.186. The van der Waals surface area contributed by atoms with Crippen LogP contribution in [-0.2, 0) is 35.2 Å². The molecule has 5 rings (SSSR count). The van der Waals surface area contributed by atoms with Crippen molar-refractivity contribution in [3.05, 3.63) is 136 Å². The Bertz CT molecular complexity index is 1470. The van der Waals surface area contributed by atoms with E-state index in [4.69, 9.17) is 9.47 Å². The van der Waals surface area contributed by atoms with E-state index < -0.39 is 12.1 Å². The van der Waals surface area contributed by atoms with Gasteiger partial charge in [-0.25, -0.2) is 4.79 Å². The topological polar surface area (TPSA) is 59.0 Å². The van der Waals surface area contributed by atoms with Crippen LogP contribution in [0.1, 0.15) is 50.5 Å². The molecular weight excluding hydrogens is 510 g/mol. The van der Waals surface area contributed by atoms with Crippen molar-refractivity contribution in [2.45, 2.75) is 44.8 Å². The molecule has 0 fully saturated rings. The van der Waals surface area contributed by atoms with E-state index in [1.54, 1.807) is 0 Å². The Balaban J connectivity index is 1.33. The summed E-state index contributed by atoms with van der Waals surface area (Å²) in [5, 5.41) is 9.25. The van der Waals surface area contributed by atoms with Crippen LogP contribution in [0.5, 0.6) is 5.75 Å². The van der Waals surface area contributed by atoms with E-state index in [1.165, 1.54) is 46.1 Å². The van der Waals surface area contributed by atoms with Gasteiger partial charge in [-0.05, 0) is 84.3 Å². The first-order valence-electron chi connectivity index (χ1n) is 14.3. The molecule has 0 aromatic heterocycles. The Labute approximate surface area is 243 Å². The first-order valence-corrected chi connectivity index (χ1v) is 14.3. The number of rotatable bonds is 11. The number of carbonyl (C=O) groups is 1. The van der Waals surface area contributed by atoms with Crippen LogP contribution in [0.25, 0.3) is 0 Å². The summed E-state index contributed by atoms with van der Waals surface area (Å²) in [5.41, 5.74) is 10.5. The molecule has 2 atom stereocenters. The molecule has 1 N–H and O–H groups in total. The highest BCUT2D eigenvalue weighted by atomic mass is 16.5. The van der Waals surface area contributed by atoms with Crippen LogP contribution in [0.3, 0.4) is 0 Å². The van der Waals surface area contributed by atoms with Crippen LogP contribution in [0, 0.1) is 6.92 Å². The van der Waals surface area contributed by atoms with Crippen molar-refractivity contribution in [1.82, 2.24) is 4.90 Å². The second kappa shape index (κ2) is 13.2. The third-order valence-electron chi connectivity index (χ3n) is 8.07. The minimum atomic E-state index is -0.958. The highest BCUT2D eigenvalue weighted by Crippen LogP contribution is 2.37. The van der Waals surface area contributed by atoms with E-state index >= 15 is 0 Å². The molecule has 0 saturated carbocycles. The summed E-state index contributed by atoms with van der Waals surface area (Å²) in [6.07, 6.45) is 2.47. The SMILES string of the molecule is COC(Cc1ccc(OCCN(C)C2c3ccc(C)cc3CCc3ccc(Cc4ccccc4)cc32)cc1)C(=O)O. The Morgan fingerprint density at radius 3 is 2.34 bits per heavy atom. The third kappa shape index (κ3) is 7.05. The van der Waals surface area contributed by atoms with Crippen LogP contribution in [0.4, 0.5) is 0 Å². The van der Waals surface area contributed by atoms with Gasteiger partial charge in [0.2, 0.25) is 0 Å². The summed E-state index contributed by atoms with van der Waals surface area (Å²) in [6, 6.07) is 32.4. The maximum atomic E-state index is 11.3. The Morgan fingerprint density at radius 1 is 0.878 bits per heavy atom. The van der Waals surface area contributed by atoms with Crippen molar-refractivity contribution >= 4 is 5.97 Å². The molecule has 41 heavy (non-hydrogen) atoms. The predicted octanol–water partition coefficient (Wildman–Crippen LogP) is 6.43. The van der Waals surface area contributed by atoms with Gasteiger partial charge in [0.25, 0.3) is 0 Å². The molecule has 0 amide bonds. The summed E-state index contributed by atoms with van der Waals surface area (Å²) < 4.78 is 11.2. The van der Waals surface area contributed by atoms with Crippen molar-refractivity contribution in [1.29, 1.82) is 0 Å². The van der Waals surface area contributed by atoms with Gasteiger partial charge in [0.15, 0.2) is 6.10 Å². The molecule has 212 valence electrons. The molecule has 5 nitrogen and oxygen atoms in total. The zero-order valence-corrected chi connectivity index (χ0v) is 24.2. The number of aliphatic carboxylic acids is 1. The van der Waals surface area contributed by atoms with Gasteiger partial charge < -0.3 is 14.6 Å². The maximum absolute atomic E-state index is 11.3. The van der Waals surface area contributed by atoms with Gasteiger partial charge in [-0.15, -0.1) is 0 Å². The van der Waals surface area contributed by atoms with Crippen LogP contribution >= 0.6 is 0 Å². The van der Waals surface area contributed by atoms with Gasteiger partial charge in [0, 0.05) is 20.1 Å². The lowest BCUT2D eigenvalue weighted by molar-refractivity contribution is -0.148. The fraction of sp³-hybridized carbons (Fsp3) is 0.306. The molecule has 0 radical (unpaired) electrons. The van der Waals surface area contributed by atoms with E-state index in [2.05, 4.69) is 85.6 Å². The number of nitrogens with zero attached hydrogens (tertiary/aromatic N) is 1. The van der Waals surface area contributed by atoms with Crippen molar-refractivity contribution in [3.63, 3.8) is 0 Å². The quantitative estimate of drug-likeness (QED) is 0.234. The lowest BCUT2D eigenvalue weighted by Gasteiger charge is -2.31. The largest absolute Gasteiger partial charge is 0.492 e. The van der Waals surface area contributed by atoms with Gasteiger partial charge in [0.05, 0.1) is 6.04 Å². The van der Waals surface area contributed by atoms with E-state index in [-0.39, 0.29) is 6.04 Å². The highest BCUT2D eigenvalue weighted by molar-refractivity contribution is 5.72. The van der Waals surface area contributed by atoms with Crippen molar-refractivity contribution in [3.8, 4) is 5.75 Å². The van der Waals surface area contributed by atoms with E-state index in [1.807, 2.05) is 24.3 Å². The molecule has 4 aromatic rings. The fourth-order valence-electron chi connectivity index (χ4n) is 5.84. The predicted molar refractivity (Wildman–Crippen MR) is 163 cm³/mol. The first-order chi connectivity index (χ1) is 19.9. The molecule has 1 aliphatic rings. The number of aryl methyl sites for hydroxylation is 3. The summed E-state index contributed by atoms with van der Waals surface area (Å²) >= 11 is 0. The van der Waals surface area contributed by atoms with Crippen LogP contribution in [-0.4, -0.2) is 49.4 Å². The smallest absolute Gasteiger partial charge is 0.333 e. The second-order valence-electron chi connectivity index (χ2n) is 11.0. The van der Waals surface area contributed by atoms with E-state index in [9.17, 15) is 9.90 Å². The number of carboxylic acids is 1.